The number of aromatic nitrogens is 2. The number of hydrogen-bond acceptors (Lipinski definition) is 5. The lowest BCUT2D eigenvalue weighted by Gasteiger charge is -2.11. The summed E-state index contributed by atoms with van der Waals surface area (Å²) in [7, 11) is 1.54. The van der Waals surface area contributed by atoms with Crippen molar-refractivity contribution in [2.45, 2.75) is 52.1 Å². The molecule has 0 saturated carbocycles. The highest BCUT2D eigenvalue weighted by atomic mass is 16.5. The second-order valence-corrected chi connectivity index (χ2v) is 6.95. The lowest BCUT2D eigenvalue weighted by atomic mass is 10.1. The number of carbonyl (C=O) groups excluding carboxylic acids is 2. The highest BCUT2D eigenvalue weighted by Crippen LogP contribution is 2.28. The number of benzene rings is 1. The van der Waals surface area contributed by atoms with Crippen molar-refractivity contribution in [2.75, 3.05) is 13.7 Å². The summed E-state index contributed by atoms with van der Waals surface area (Å²) in [5.41, 5.74) is 1.49. The number of aryl methyl sites for hydroxylation is 2. The molecule has 0 saturated heterocycles. The molecule has 28 heavy (non-hydrogen) atoms. The summed E-state index contributed by atoms with van der Waals surface area (Å²) in [6.07, 6.45) is 6.39. The first kappa shape index (κ1) is 19.9. The Bertz CT molecular complexity index is 821. The van der Waals surface area contributed by atoms with E-state index in [1.165, 1.54) is 26.9 Å². The maximum Gasteiger partial charge on any atom is 0.220 e. The smallest absolute Gasteiger partial charge is 0.220 e. The van der Waals surface area contributed by atoms with E-state index >= 15 is 0 Å². The van der Waals surface area contributed by atoms with Gasteiger partial charge in [0.1, 0.15) is 5.82 Å². The number of Topliss-reactive ketones (excluding diaryl/α,β-unsaturated/α-hetero) is 1. The van der Waals surface area contributed by atoms with Gasteiger partial charge in [0.15, 0.2) is 17.3 Å². The predicted octanol–water partition coefficient (Wildman–Crippen LogP) is 2.91. The zero-order valence-corrected chi connectivity index (χ0v) is 16.5. The van der Waals surface area contributed by atoms with E-state index in [-0.39, 0.29) is 11.7 Å². The molecule has 2 heterocycles. The number of carbonyl (C=O) groups is 2. The summed E-state index contributed by atoms with van der Waals surface area (Å²) in [4.78, 5) is 28.1. The van der Waals surface area contributed by atoms with Crippen LogP contribution in [0.25, 0.3) is 0 Å². The lowest BCUT2D eigenvalue weighted by molar-refractivity contribution is -0.121. The van der Waals surface area contributed by atoms with Gasteiger partial charge in [-0.05, 0) is 44.4 Å². The number of imidazole rings is 1. The molecule has 1 aliphatic heterocycles. The summed E-state index contributed by atoms with van der Waals surface area (Å²) in [5, 5.41) is 2.92. The minimum Gasteiger partial charge on any atom is -0.493 e. The third kappa shape index (κ3) is 5.12. The molecule has 1 aromatic carbocycles. The zero-order valence-electron chi connectivity index (χ0n) is 16.5. The van der Waals surface area contributed by atoms with Crippen LogP contribution in [0.1, 0.15) is 54.5 Å². The molecule has 2 aromatic rings. The zero-order chi connectivity index (χ0) is 19.9. The number of nitrogens with zero attached hydrogens (tertiary/aromatic N) is 2. The van der Waals surface area contributed by atoms with Gasteiger partial charge in [-0.3, -0.25) is 9.59 Å². The first-order valence-corrected chi connectivity index (χ1v) is 9.70. The van der Waals surface area contributed by atoms with Crippen LogP contribution in [0.2, 0.25) is 0 Å². The van der Waals surface area contributed by atoms with E-state index in [0.29, 0.717) is 43.1 Å². The van der Waals surface area contributed by atoms with Crippen molar-refractivity contribution < 1.29 is 19.1 Å². The molecule has 3 rings (SSSR count). The van der Waals surface area contributed by atoms with Gasteiger partial charge in [0.2, 0.25) is 5.91 Å². The molecule has 0 spiro atoms. The van der Waals surface area contributed by atoms with Crippen LogP contribution in [0.5, 0.6) is 11.5 Å². The Hall–Kier alpha value is -2.83. The number of nitrogens with one attached hydrogen (secondary N) is 1. The molecule has 1 aliphatic rings. The minimum absolute atomic E-state index is 0.0199. The Kier molecular flexibility index (Phi) is 6.68. The summed E-state index contributed by atoms with van der Waals surface area (Å²) >= 11 is 0. The van der Waals surface area contributed by atoms with Gasteiger partial charge < -0.3 is 19.4 Å². The van der Waals surface area contributed by atoms with Gasteiger partial charge in [-0.2, -0.15) is 0 Å². The van der Waals surface area contributed by atoms with E-state index in [1.807, 2.05) is 6.20 Å². The van der Waals surface area contributed by atoms with Crippen molar-refractivity contribution in [3.05, 3.63) is 41.5 Å². The molecular weight excluding hydrogens is 358 g/mol. The quantitative estimate of drug-likeness (QED) is 0.530. The molecule has 0 atom stereocenters. The monoisotopic (exact) mass is 385 g/mol. The number of methoxy groups -OCH3 is 1. The molecule has 7 nitrogen and oxygen atoms in total. The van der Waals surface area contributed by atoms with E-state index in [2.05, 4.69) is 14.9 Å². The largest absolute Gasteiger partial charge is 0.493 e. The molecule has 1 amide bonds. The molecule has 0 aliphatic carbocycles. The Morgan fingerprint density at radius 3 is 2.86 bits per heavy atom. The summed E-state index contributed by atoms with van der Waals surface area (Å²) < 4.78 is 13.2. The summed E-state index contributed by atoms with van der Waals surface area (Å²) in [6, 6.07) is 5.09. The first-order chi connectivity index (χ1) is 13.6. The average Bonchev–Trinajstić information content (AvgIpc) is 3.12. The van der Waals surface area contributed by atoms with Crippen molar-refractivity contribution >= 4 is 11.7 Å². The second-order valence-electron chi connectivity index (χ2n) is 6.95. The number of hydrogen-bond donors (Lipinski definition) is 1. The third-order valence-corrected chi connectivity index (χ3v) is 4.80. The predicted molar refractivity (Wildman–Crippen MR) is 105 cm³/mol. The molecule has 0 fully saturated rings. The van der Waals surface area contributed by atoms with Crippen molar-refractivity contribution in [2.24, 2.45) is 0 Å². The van der Waals surface area contributed by atoms with Crippen LogP contribution >= 0.6 is 0 Å². The van der Waals surface area contributed by atoms with Gasteiger partial charge in [0, 0.05) is 31.1 Å². The topological polar surface area (TPSA) is 82.5 Å². The Labute approximate surface area is 165 Å². The van der Waals surface area contributed by atoms with Crippen molar-refractivity contribution in [1.82, 2.24) is 14.9 Å². The van der Waals surface area contributed by atoms with E-state index in [9.17, 15) is 9.59 Å². The number of rotatable bonds is 9. The third-order valence-electron chi connectivity index (χ3n) is 4.80. The van der Waals surface area contributed by atoms with E-state index in [0.717, 1.165) is 24.5 Å². The SMILES string of the molecule is COc1cc(C(C)=O)ccc1OCCCC(=O)NCc1cn2c(n1)CCCC2. The number of ketones is 1. The van der Waals surface area contributed by atoms with Gasteiger partial charge >= 0.3 is 0 Å². The fourth-order valence-corrected chi connectivity index (χ4v) is 3.26. The fourth-order valence-electron chi connectivity index (χ4n) is 3.26. The Morgan fingerprint density at radius 2 is 2.11 bits per heavy atom. The normalized spacial score (nSPS) is 12.9. The summed E-state index contributed by atoms with van der Waals surface area (Å²) in [5.74, 6) is 2.15. The van der Waals surface area contributed by atoms with Gasteiger partial charge in [-0.1, -0.05) is 0 Å². The van der Waals surface area contributed by atoms with Gasteiger partial charge in [-0.15, -0.1) is 0 Å². The highest BCUT2D eigenvalue weighted by Gasteiger charge is 2.13. The van der Waals surface area contributed by atoms with Crippen molar-refractivity contribution in [3.63, 3.8) is 0 Å². The molecule has 7 heteroatoms. The van der Waals surface area contributed by atoms with Crippen molar-refractivity contribution in [1.29, 1.82) is 0 Å². The number of amides is 1. The van der Waals surface area contributed by atoms with Crippen LogP contribution < -0.4 is 14.8 Å². The van der Waals surface area contributed by atoms with Gasteiger partial charge in [-0.25, -0.2) is 4.98 Å². The van der Waals surface area contributed by atoms with Crippen LogP contribution in [0.15, 0.2) is 24.4 Å². The molecule has 0 bridgehead atoms. The van der Waals surface area contributed by atoms with Crippen LogP contribution in [0.4, 0.5) is 0 Å². The number of fused-ring (bicyclic) bond motifs is 1. The molecule has 1 aromatic heterocycles. The maximum atomic E-state index is 12.1. The van der Waals surface area contributed by atoms with E-state index in [4.69, 9.17) is 9.47 Å². The average molecular weight is 385 g/mol. The van der Waals surface area contributed by atoms with Crippen LogP contribution in [-0.4, -0.2) is 35.0 Å². The summed E-state index contributed by atoms with van der Waals surface area (Å²) in [6.45, 7) is 3.37. The van der Waals surface area contributed by atoms with Crippen LogP contribution in [-0.2, 0) is 24.3 Å². The molecule has 1 N–H and O–H groups in total. The Balaban J connectivity index is 1.39. The second kappa shape index (κ2) is 9.39. The molecular formula is C21H27N3O4. The van der Waals surface area contributed by atoms with E-state index in [1.54, 1.807) is 18.2 Å². The minimum atomic E-state index is -0.0277. The highest BCUT2D eigenvalue weighted by molar-refractivity contribution is 5.94. The number of ether oxygens (including phenoxy) is 2. The Morgan fingerprint density at radius 1 is 1.25 bits per heavy atom. The van der Waals surface area contributed by atoms with Gasteiger partial charge in [0.05, 0.1) is 26.0 Å². The van der Waals surface area contributed by atoms with E-state index < -0.39 is 0 Å². The van der Waals surface area contributed by atoms with Crippen LogP contribution in [0.3, 0.4) is 0 Å². The van der Waals surface area contributed by atoms with Crippen molar-refractivity contribution in [3.8, 4) is 11.5 Å². The molecule has 150 valence electrons. The first-order valence-electron chi connectivity index (χ1n) is 9.70. The van der Waals surface area contributed by atoms with Crippen LogP contribution in [0, 0.1) is 0 Å². The fraction of sp³-hybridized carbons (Fsp3) is 0.476. The molecule has 0 radical (unpaired) electrons. The molecule has 0 unspecified atom stereocenters. The maximum absolute atomic E-state index is 12.1. The lowest BCUT2D eigenvalue weighted by Crippen LogP contribution is -2.23. The standard InChI is InChI=1S/C21H27N3O4/c1-15(25)16-8-9-18(19(12-16)27-2)28-11-5-7-21(26)22-13-17-14-24-10-4-3-6-20(24)23-17/h8-9,12,14H,3-7,10-11,13H2,1-2H3,(H,22,26). The van der Waals surface area contributed by atoms with Gasteiger partial charge in [0.25, 0.3) is 0 Å².